The molecule has 4 aromatic rings. The van der Waals surface area contributed by atoms with Crippen molar-refractivity contribution in [1.29, 1.82) is 0 Å². The van der Waals surface area contributed by atoms with Crippen molar-refractivity contribution >= 4 is 23.4 Å². The van der Waals surface area contributed by atoms with Gasteiger partial charge in [-0.1, -0.05) is 56.7 Å². The maximum atomic E-state index is 13.3. The first kappa shape index (κ1) is 31.7. The molecule has 2 aromatic heterocycles. The summed E-state index contributed by atoms with van der Waals surface area (Å²) < 4.78 is 40.2. The van der Waals surface area contributed by atoms with E-state index >= 15 is 0 Å². The Morgan fingerprint density at radius 1 is 0.911 bits per heavy atom. The Hall–Kier alpha value is -4.67. The third-order valence-electron chi connectivity index (χ3n) is 7.97. The molecule has 8 nitrogen and oxygen atoms in total. The van der Waals surface area contributed by atoms with Crippen LogP contribution >= 0.6 is 0 Å². The molecule has 0 atom stereocenters. The van der Waals surface area contributed by atoms with Crippen LogP contribution < -0.4 is 10.6 Å². The minimum Gasteiger partial charge on any atom is -0.339 e. The summed E-state index contributed by atoms with van der Waals surface area (Å²) in [5.41, 5.74) is 3.38. The number of piperidine rings is 1. The molecule has 3 heterocycles. The van der Waals surface area contributed by atoms with Crippen LogP contribution in [-0.4, -0.2) is 44.7 Å². The van der Waals surface area contributed by atoms with Crippen LogP contribution in [0, 0.1) is 12.8 Å². The van der Waals surface area contributed by atoms with Gasteiger partial charge in [-0.2, -0.15) is 18.3 Å². The fourth-order valence-electron chi connectivity index (χ4n) is 5.33. The fourth-order valence-corrected chi connectivity index (χ4v) is 5.33. The number of nitrogens with one attached hydrogen (secondary N) is 2. The molecule has 2 aromatic carbocycles. The van der Waals surface area contributed by atoms with Crippen LogP contribution in [0.25, 0.3) is 5.69 Å². The van der Waals surface area contributed by atoms with Gasteiger partial charge >= 0.3 is 12.2 Å². The molecule has 1 aliphatic heterocycles. The summed E-state index contributed by atoms with van der Waals surface area (Å²) >= 11 is 0. The number of benzene rings is 2. The van der Waals surface area contributed by atoms with Crippen molar-refractivity contribution < 1.29 is 22.8 Å². The number of urea groups is 1. The molecule has 0 bridgehead atoms. The lowest BCUT2D eigenvalue weighted by molar-refractivity contribution is -0.141. The molecule has 0 spiro atoms. The van der Waals surface area contributed by atoms with E-state index in [0.717, 1.165) is 47.6 Å². The lowest BCUT2D eigenvalue weighted by Gasteiger charge is -2.32. The lowest BCUT2D eigenvalue weighted by atomic mass is 9.89. The molecule has 11 heteroatoms. The molecule has 236 valence electrons. The van der Waals surface area contributed by atoms with Crippen molar-refractivity contribution in [2.45, 2.75) is 58.5 Å². The quantitative estimate of drug-likeness (QED) is 0.232. The number of carbonyl (C=O) groups is 2. The van der Waals surface area contributed by atoms with Gasteiger partial charge in [0.1, 0.15) is 11.5 Å². The summed E-state index contributed by atoms with van der Waals surface area (Å²) in [6.07, 6.45) is -1.40. The molecule has 0 saturated carbocycles. The van der Waals surface area contributed by atoms with Crippen LogP contribution in [0.1, 0.15) is 66.5 Å². The SMILES string of the molecule is Cc1ccc(-n2nc(C(C)(C)C)cc2NC(=O)Nc2ccccc2CC2CCN(C(=O)c3ccc(C(F)(F)F)nc3)CC2)cc1. The van der Waals surface area contributed by atoms with Gasteiger partial charge in [0, 0.05) is 36.5 Å². The number of alkyl halides is 3. The minimum atomic E-state index is -4.55. The van der Waals surface area contributed by atoms with E-state index in [0.29, 0.717) is 31.0 Å². The van der Waals surface area contributed by atoms with Crippen molar-refractivity contribution in [2.24, 2.45) is 5.92 Å². The van der Waals surface area contributed by atoms with Crippen LogP contribution in [0.4, 0.5) is 29.5 Å². The van der Waals surface area contributed by atoms with E-state index in [-0.39, 0.29) is 28.8 Å². The summed E-state index contributed by atoms with van der Waals surface area (Å²) in [6, 6.07) is 19.1. The highest BCUT2D eigenvalue weighted by Crippen LogP contribution is 2.30. The van der Waals surface area contributed by atoms with Crippen molar-refractivity contribution in [3.8, 4) is 5.69 Å². The summed E-state index contributed by atoms with van der Waals surface area (Å²) in [7, 11) is 0. The molecule has 0 unspecified atom stereocenters. The zero-order chi connectivity index (χ0) is 32.4. The number of halogens is 3. The van der Waals surface area contributed by atoms with Gasteiger partial charge in [0.2, 0.25) is 0 Å². The van der Waals surface area contributed by atoms with Gasteiger partial charge in [0.15, 0.2) is 0 Å². The van der Waals surface area contributed by atoms with E-state index in [1.165, 1.54) is 6.07 Å². The molecule has 1 fully saturated rings. The highest BCUT2D eigenvalue weighted by molar-refractivity contribution is 6.00. The number of pyridine rings is 1. The van der Waals surface area contributed by atoms with Crippen LogP contribution in [0.5, 0.6) is 0 Å². The molecule has 45 heavy (non-hydrogen) atoms. The van der Waals surface area contributed by atoms with E-state index in [1.54, 1.807) is 9.58 Å². The standard InChI is InChI=1S/C34H37F3N6O2/c1-22-9-12-26(13-10-22)43-30(20-29(41-43)33(2,3)4)40-32(45)39-27-8-6-5-7-24(27)19-23-15-17-42(18-16-23)31(44)25-11-14-28(38-21-25)34(35,36)37/h5-14,20-21,23H,15-19H2,1-4H3,(H2,39,40,45). The van der Waals surface area contributed by atoms with Gasteiger partial charge in [-0.15, -0.1) is 0 Å². The number of para-hydroxylation sites is 1. The number of nitrogens with zero attached hydrogens (tertiary/aromatic N) is 4. The molecular formula is C34H37F3N6O2. The largest absolute Gasteiger partial charge is 0.433 e. The number of likely N-dealkylation sites (tertiary alicyclic amines) is 1. The predicted octanol–water partition coefficient (Wildman–Crippen LogP) is 7.63. The Bertz CT molecular complexity index is 1650. The third kappa shape index (κ3) is 7.71. The number of rotatable bonds is 6. The van der Waals surface area contributed by atoms with Gasteiger partial charge in [-0.3, -0.25) is 15.1 Å². The molecule has 1 aliphatic rings. The Kier molecular flexibility index (Phi) is 8.99. The zero-order valence-corrected chi connectivity index (χ0v) is 25.8. The topological polar surface area (TPSA) is 92.2 Å². The molecule has 0 radical (unpaired) electrons. The second-order valence-electron chi connectivity index (χ2n) is 12.5. The maximum absolute atomic E-state index is 13.3. The van der Waals surface area contributed by atoms with Crippen molar-refractivity contribution in [3.05, 3.63) is 101 Å². The van der Waals surface area contributed by atoms with Crippen molar-refractivity contribution in [3.63, 3.8) is 0 Å². The minimum absolute atomic E-state index is 0.139. The van der Waals surface area contributed by atoms with Gasteiger partial charge in [-0.05, 0) is 68.0 Å². The summed E-state index contributed by atoms with van der Waals surface area (Å²) in [4.78, 5) is 31.2. The molecule has 3 amide bonds. The highest BCUT2D eigenvalue weighted by Gasteiger charge is 2.33. The second-order valence-corrected chi connectivity index (χ2v) is 12.5. The lowest BCUT2D eigenvalue weighted by Crippen LogP contribution is -2.39. The van der Waals surface area contributed by atoms with E-state index < -0.39 is 11.9 Å². The van der Waals surface area contributed by atoms with Crippen LogP contribution in [0.3, 0.4) is 0 Å². The predicted molar refractivity (Wildman–Crippen MR) is 168 cm³/mol. The normalized spacial score (nSPS) is 14.3. The van der Waals surface area contributed by atoms with Crippen LogP contribution in [-0.2, 0) is 18.0 Å². The summed E-state index contributed by atoms with van der Waals surface area (Å²) in [6.45, 7) is 9.20. The number of amides is 3. The Labute approximate surface area is 260 Å². The monoisotopic (exact) mass is 618 g/mol. The average molecular weight is 619 g/mol. The highest BCUT2D eigenvalue weighted by atomic mass is 19.4. The van der Waals surface area contributed by atoms with Crippen LogP contribution in [0.2, 0.25) is 0 Å². The molecule has 0 aliphatic carbocycles. The Morgan fingerprint density at radius 2 is 1.60 bits per heavy atom. The van der Waals surface area contributed by atoms with E-state index in [2.05, 4.69) is 36.4 Å². The molecule has 1 saturated heterocycles. The second kappa shape index (κ2) is 12.7. The first-order valence-electron chi connectivity index (χ1n) is 14.9. The maximum Gasteiger partial charge on any atom is 0.433 e. The summed E-state index contributed by atoms with van der Waals surface area (Å²) in [5, 5.41) is 10.8. The first-order valence-corrected chi connectivity index (χ1v) is 14.9. The van der Waals surface area contributed by atoms with Crippen LogP contribution in [0.15, 0.2) is 72.9 Å². The van der Waals surface area contributed by atoms with E-state index in [4.69, 9.17) is 5.10 Å². The number of carbonyl (C=O) groups excluding carboxylic acids is 2. The Balaban J connectivity index is 1.22. The smallest absolute Gasteiger partial charge is 0.339 e. The van der Waals surface area contributed by atoms with Gasteiger partial charge in [0.05, 0.1) is 16.9 Å². The number of aromatic nitrogens is 3. The van der Waals surface area contributed by atoms with E-state index in [9.17, 15) is 22.8 Å². The number of anilines is 2. The Morgan fingerprint density at radius 3 is 2.22 bits per heavy atom. The fraction of sp³-hybridized carbons (Fsp3) is 0.353. The first-order chi connectivity index (χ1) is 21.3. The molecule has 2 N–H and O–H groups in total. The number of aryl methyl sites for hydroxylation is 1. The summed E-state index contributed by atoms with van der Waals surface area (Å²) in [5.74, 6) is 0.495. The molecule has 5 rings (SSSR count). The third-order valence-corrected chi connectivity index (χ3v) is 7.97. The molecular weight excluding hydrogens is 581 g/mol. The van der Waals surface area contributed by atoms with Gasteiger partial charge < -0.3 is 10.2 Å². The van der Waals surface area contributed by atoms with Crippen molar-refractivity contribution in [2.75, 3.05) is 23.7 Å². The average Bonchev–Trinajstić information content (AvgIpc) is 3.42. The number of hydrogen-bond acceptors (Lipinski definition) is 4. The zero-order valence-electron chi connectivity index (χ0n) is 25.8. The van der Waals surface area contributed by atoms with E-state index in [1.807, 2.05) is 61.5 Å². The number of hydrogen-bond donors (Lipinski definition) is 2. The van der Waals surface area contributed by atoms with Crippen molar-refractivity contribution in [1.82, 2.24) is 19.7 Å². The van der Waals surface area contributed by atoms with Gasteiger partial charge in [0.25, 0.3) is 5.91 Å². The van der Waals surface area contributed by atoms with Gasteiger partial charge in [-0.25, -0.2) is 9.48 Å².